The van der Waals surface area contributed by atoms with E-state index in [4.69, 9.17) is 0 Å². The summed E-state index contributed by atoms with van der Waals surface area (Å²) in [6.07, 6.45) is 0. The molecule has 0 saturated carbocycles. The van der Waals surface area contributed by atoms with E-state index in [0.717, 1.165) is 12.1 Å². The van der Waals surface area contributed by atoms with Crippen LogP contribution in [0.1, 0.15) is 15.9 Å². The molecule has 0 bridgehead atoms. The highest BCUT2D eigenvalue weighted by Gasteiger charge is 2.20. The SMILES string of the molecule is Cc1cc(F)cc(C(=O)Nc2c(O)cccc2[N+](=O)[O-])c1. The van der Waals surface area contributed by atoms with Crippen molar-refractivity contribution in [2.24, 2.45) is 0 Å². The van der Waals surface area contributed by atoms with Crippen molar-refractivity contribution in [1.29, 1.82) is 0 Å². The van der Waals surface area contributed by atoms with Crippen molar-refractivity contribution in [2.45, 2.75) is 6.92 Å². The number of benzene rings is 2. The Kier molecular flexibility index (Phi) is 3.84. The van der Waals surface area contributed by atoms with Gasteiger partial charge in [0, 0.05) is 11.6 Å². The van der Waals surface area contributed by atoms with Crippen LogP contribution in [0, 0.1) is 22.9 Å². The Bertz CT molecular complexity index is 711. The van der Waals surface area contributed by atoms with Crippen LogP contribution in [0.25, 0.3) is 0 Å². The molecule has 0 atom stereocenters. The molecule has 0 spiro atoms. The summed E-state index contributed by atoms with van der Waals surface area (Å²) in [5, 5.41) is 22.8. The van der Waals surface area contributed by atoms with E-state index in [1.165, 1.54) is 24.3 Å². The van der Waals surface area contributed by atoms with E-state index in [2.05, 4.69) is 5.32 Å². The zero-order valence-electron chi connectivity index (χ0n) is 11.0. The van der Waals surface area contributed by atoms with E-state index in [-0.39, 0.29) is 11.3 Å². The second-order valence-electron chi connectivity index (χ2n) is 4.40. The molecule has 0 radical (unpaired) electrons. The van der Waals surface area contributed by atoms with Crippen LogP contribution >= 0.6 is 0 Å². The number of phenols is 1. The second kappa shape index (κ2) is 5.58. The number of nitrogens with one attached hydrogen (secondary N) is 1. The Hall–Kier alpha value is -2.96. The summed E-state index contributed by atoms with van der Waals surface area (Å²) in [7, 11) is 0. The van der Waals surface area contributed by atoms with Gasteiger partial charge in [-0.3, -0.25) is 14.9 Å². The highest BCUT2D eigenvalue weighted by Crippen LogP contribution is 2.33. The summed E-state index contributed by atoms with van der Waals surface area (Å²) in [6.45, 7) is 1.61. The molecule has 0 aliphatic carbocycles. The Labute approximate surface area is 119 Å². The van der Waals surface area contributed by atoms with Crippen LogP contribution in [0.3, 0.4) is 0 Å². The number of para-hydroxylation sites is 1. The molecule has 6 nitrogen and oxygen atoms in total. The largest absolute Gasteiger partial charge is 0.505 e. The van der Waals surface area contributed by atoms with E-state index in [9.17, 15) is 24.4 Å². The molecule has 21 heavy (non-hydrogen) atoms. The molecule has 2 N–H and O–H groups in total. The van der Waals surface area contributed by atoms with Gasteiger partial charge in [0.2, 0.25) is 0 Å². The topological polar surface area (TPSA) is 92.5 Å². The molecule has 0 saturated heterocycles. The van der Waals surface area contributed by atoms with Crippen LogP contribution in [0.4, 0.5) is 15.8 Å². The number of hydrogen-bond donors (Lipinski definition) is 2. The molecular formula is C14H11FN2O4. The van der Waals surface area contributed by atoms with Gasteiger partial charge in [-0.2, -0.15) is 0 Å². The predicted octanol–water partition coefficient (Wildman–Crippen LogP) is 3.00. The lowest BCUT2D eigenvalue weighted by Gasteiger charge is -2.08. The minimum atomic E-state index is -0.748. The van der Waals surface area contributed by atoms with Gasteiger partial charge in [-0.05, 0) is 36.8 Å². The molecular weight excluding hydrogens is 279 g/mol. The van der Waals surface area contributed by atoms with Gasteiger partial charge < -0.3 is 10.4 Å². The van der Waals surface area contributed by atoms with E-state index >= 15 is 0 Å². The normalized spacial score (nSPS) is 10.2. The van der Waals surface area contributed by atoms with Gasteiger partial charge in [-0.15, -0.1) is 0 Å². The summed E-state index contributed by atoms with van der Waals surface area (Å²) in [5.41, 5.74) is -0.233. The monoisotopic (exact) mass is 290 g/mol. The van der Waals surface area contributed by atoms with Crippen LogP contribution in [0.5, 0.6) is 5.75 Å². The van der Waals surface area contributed by atoms with Gasteiger partial charge in [0.1, 0.15) is 11.6 Å². The van der Waals surface area contributed by atoms with E-state index < -0.39 is 28.1 Å². The smallest absolute Gasteiger partial charge is 0.296 e. The Morgan fingerprint density at radius 2 is 2.05 bits per heavy atom. The third-order valence-electron chi connectivity index (χ3n) is 2.76. The maximum Gasteiger partial charge on any atom is 0.296 e. The number of carbonyl (C=O) groups is 1. The number of phenolic OH excluding ortho intramolecular Hbond substituents is 1. The highest BCUT2D eigenvalue weighted by atomic mass is 19.1. The number of nitrogens with zero attached hydrogens (tertiary/aromatic N) is 1. The molecule has 1 amide bonds. The molecule has 0 heterocycles. The van der Waals surface area contributed by atoms with Crippen LogP contribution in [-0.2, 0) is 0 Å². The van der Waals surface area contributed by atoms with Gasteiger partial charge in [0.25, 0.3) is 11.6 Å². The fourth-order valence-corrected chi connectivity index (χ4v) is 1.86. The zero-order valence-corrected chi connectivity index (χ0v) is 11.0. The van der Waals surface area contributed by atoms with Crippen molar-refractivity contribution >= 4 is 17.3 Å². The van der Waals surface area contributed by atoms with Crippen molar-refractivity contribution in [3.05, 3.63) is 63.5 Å². The summed E-state index contributed by atoms with van der Waals surface area (Å²) in [6, 6.07) is 7.33. The van der Waals surface area contributed by atoms with Gasteiger partial charge in [0.15, 0.2) is 5.69 Å². The molecule has 108 valence electrons. The van der Waals surface area contributed by atoms with Crippen LogP contribution in [0.15, 0.2) is 36.4 Å². The second-order valence-corrected chi connectivity index (χ2v) is 4.40. The third-order valence-corrected chi connectivity index (χ3v) is 2.76. The first kappa shape index (κ1) is 14.4. The van der Waals surface area contributed by atoms with Crippen LogP contribution in [0.2, 0.25) is 0 Å². The number of nitro benzene ring substituents is 1. The Morgan fingerprint density at radius 1 is 1.33 bits per heavy atom. The van der Waals surface area contributed by atoms with Crippen LogP contribution in [-0.4, -0.2) is 15.9 Å². The molecule has 2 rings (SSSR count). The van der Waals surface area contributed by atoms with Gasteiger partial charge in [-0.1, -0.05) is 6.07 Å². The van der Waals surface area contributed by atoms with Crippen molar-refractivity contribution in [3.63, 3.8) is 0 Å². The van der Waals surface area contributed by atoms with Crippen molar-refractivity contribution in [1.82, 2.24) is 0 Å². The quantitative estimate of drug-likeness (QED) is 0.516. The standard InChI is InChI=1S/C14H11FN2O4/c1-8-5-9(7-10(15)6-8)14(19)16-13-11(17(20)21)3-2-4-12(13)18/h2-7,18H,1H3,(H,16,19). The van der Waals surface area contributed by atoms with Gasteiger partial charge in [-0.25, -0.2) is 4.39 Å². The number of hydrogen-bond acceptors (Lipinski definition) is 4. The number of aryl methyl sites for hydroxylation is 1. The molecule has 2 aromatic rings. The number of halogens is 1. The first-order valence-electron chi connectivity index (χ1n) is 5.93. The lowest BCUT2D eigenvalue weighted by Crippen LogP contribution is -2.13. The zero-order chi connectivity index (χ0) is 15.6. The van der Waals surface area contributed by atoms with Crippen molar-refractivity contribution in [2.75, 3.05) is 5.32 Å². The summed E-state index contributed by atoms with van der Waals surface area (Å²) >= 11 is 0. The van der Waals surface area contributed by atoms with Crippen LogP contribution < -0.4 is 5.32 Å². The minimum Gasteiger partial charge on any atom is -0.505 e. The lowest BCUT2D eigenvalue weighted by atomic mass is 10.1. The van der Waals surface area contributed by atoms with Crippen molar-refractivity contribution in [3.8, 4) is 5.75 Å². The summed E-state index contributed by atoms with van der Waals surface area (Å²) in [4.78, 5) is 22.2. The molecule has 2 aromatic carbocycles. The van der Waals surface area contributed by atoms with Gasteiger partial charge in [0.05, 0.1) is 4.92 Å². The number of amides is 1. The lowest BCUT2D eigenvalue weighted by molar-refractivity contribution is -0.384. The van der Waals surface area contributed by atoms with E-state index in [0.29, 0.717) is 5.56 Å². The Balaban J connectivity index is 2.38. The molecule has 7 heteroatoms. The first-order valence-corrected chi connectivity index (χ1v) is 5.93. The fourth-order valence-electron chi connectivity index (χ4n) is 1.86. The molecule has 0 unspecified atom stereocenters. The first-order chi connectivity index (χ1) is 9.88. The van der Waals surface area contributed by atoms with Crippen molar-refractivity contribution < 1.29 is 19.2 Å². The minimum absolute atomic E-state index is 0.00468. The summed E-state index contributed by atoms with van der Waals surface area (Å²) in [5.74, 6) is -1.78. The number of aromatic hydroxyl groups is 1. The third kappa shape index (κ3) is 3.14. The maximum absolute atomic E-state index is 13.3. The highest BCUT2D eigenvalue weighted by molar-refractivity contribution is 6.06. The summed E-state index contributed by atoms with van der Waals surface area (Å²) < 4.78 is 13.3. The molecule has 0 aromatic heterocycles. The fraction of sp³-hybridized carbons (Fsp3) is 0.0714. The molecule has 0 aliphatic rings. The maximum atomic E-state index is 13.3. The van der Waals surface area contributed by atoms with Gasteiger partial charge >= 0.3 is 0 Å². The number of rotatable bonds is 3. The number of nitro groups is 1. The molecule has 0 aliphatic heterocycles. The van der Waals surface area contributed by atoms with E-state index in [1.807, 2.05) is 0 Å². The predicted molar refractivity (Wildman–Crippen MR) is 73.9 cm³/mol. The number of anilines is 1. The number of carbonyl (C=O) groups excluding carboxylic acids is 1. The van der Waals surface area contributed by atoms with E-state index in [1.54, 1.807) is 6.92 Å². The average molecular weight is 290 g/mol. The molecule has 0 fully saturated rings. The Morgan fingerprint density at radius 3 is 2.67 bits per heavy atom. The average Bonchev–Trinajstić information content (AvgIpc) is 2.39.